The maximum absolute atomic E-state index is 2.55. The lowest BCUT2D eigenvalue weighted by atomic mass is 9.99. The van der Waals surface area contributed by atoms with Crippen molar-refractivity contribution < 1.29 is 0 Å². The molecule has 0 atom stereocenters. The molecule has 0 bridgehead atoms. The molecule has 0 radical (unpaired) electrons. The van der Waals surface area contributed by atoms with E-state index in [0.717, 1.165) is 12.8 Å². The van der Waals surface area contributed by atoms with Crippen LogP contribution in [0.15, 0.2) is 109 Å². The second-order valence-electron chi connectivity index (χ2n) is 11.7. The Balaban J connectivity index is 1.39. The fourth-order valence-electron chi connectivity index (χ4n) is 8.30. The Bertz CT molecular complexity index is 2590. The van der Waals surface area contributed by atoms with E-state index in [4.69, 9.17) is 0 Å². The maximum Gasteiger partial charge on any atom is 0.0783 e. The molecule has 0 aliphatic heterocycles. The summed E-state index contributed by atoms with van der Waals surface area (Å²) in [5, 5.41) is 5.42. The number of rotatable bonds is 0. The van der Waals surface area contributed by atoms with E-state index in [2.05, 4.69) is 118 Å². The van der Waals surface area contributed by atoms with Crippen molar-refractivity contribution in [3.8, 4) is 22.3 Å². The fourth-order valence-corrected chi connectivity index (χ4v) is 8.30. The molecule has 0 spiro atoms. The zero-order chi connectivity index (χ0) is 25.7. The predicted octanol–water partition coefficient (Wildman–Crippen LogP) is 9.38. The van der Waals surface area contributed by atoms with Crippen LogP contribution in [0.3, 0.4) is 0 Å². The molecule has 0 saturated heterocycles. The Morgan fingerprint density at radius 3 is 1.93 bits per heavy atom. The van der Waals surface area contributed by atoms with Crippen LogP contribution in [0.1, 0.15) is 22.3 Å². The molecule has 6 aromatic carbocycles. The van der Waals surface area contributed by atoms with Gasteiger partial charge in [0.25, 0.3) is 0 Å². The number of nitrogens with zero attached hydrogens (tertiary/aromatic N) is 2. The molecule has 2 nitrogen and oxygen atoms in total. The Kier molecular flexibility index (Phi) is 3.26. The van der Waals surface area contributed by atoms with Crippen LogP contribution in [0.25, 0.3) is 76.9 Å². The van der Waals surface area contributed by atoms with Gasteiger partial charge in [0.05, 0.1) is 33.1 Å². The van der Waals surface area contributed by atoms with Crippen LogP contribution in [0, 0.1) is 0 Å². The Morgan fingerprint density at radius 2 is 1.07 bits per heavy atom. The smallest absolute Gasteiger partial charge is 0.0783 e. The second-order valence-corrected chi connectivity index (χ2v) is 11.7. The van der Waals surface area contributed by atoms with Crippen LogP contribution in [0.5, 0.6) is 0 Å². The highest BCUT2D eigenvalue weighted by atomic mass is 15.0. The zero-order valence-electron chi connectivity index (χ0n) is 21.7. The van der Waals surface area contributed by atoms with Crippen LogP contribution in [-0.4, -0.2) is 8.80 Å². The van der Waals surface area contributed by atoms with Crippen molar-refractivity contribution in [2.45, 2.75) is 12.8 Å². The van der Waals surface area contributed by atoms with Crippen LogP contribution in [-0.2, 0) is 12.8 Å². The third-order valence-corrected chi connectivity index (χ3v) is 9.85. The van der Waals surface area contributed by atoms with E-state index in [0.29, 0.717) is 0 Å². The van der Waals surface area contributed by atoms with Gasteiger partial charge in [-0.3, -0.25) is 0 Å². The number of para-hydroxylation sites is 2. The van der Waals surface area contributed by atoms with Gasteiger partial charge in [0.2, 0.25) is 0 Å². The van der Waals surface area contributed by atoms with Gasteiger partial charge in [-0.25, -0.2) is 0 Å². The minimum atomic E-state index is 1.01. The van der Waals surface area contributed by atoms with Gasteiger partial charge in [0.1, 0.15) is 0 Å². The molecular formula is C38H22N2. The summed E-state index contributed by atoms with van der Waals surface area (Å²) < 4.78 is 5.10. The Labute approximate surface area is 229 Å². The van der Waals surface area contributed by atoms with Crippen molar-refractivity contribution >= 4 is 54.6 Å². The first kappa shape index (κ1) is 19.9. The molecule has 40 heavy (non-hydrogen) atoms. The van der Waals surface area contributed by atoms with Crippen molar-refractivity contribution in [3.63, 3.8) is 0 Å². The molecule has 2 aliphatic carbocycles. The lowest BCUT2D eigenvalue weighted by molar-refractivity contribution is 1.25. The van der Waals surface area contributed by atoms with Gasteiger partial charge in [-0.05, 0) is 87.7 Å². The molecule has 184 valence electrons. The van der Waals surface area contributed by atoms with E-state index in [1.165, 1.54) is 99.2 Å². The molecule has 2 aliphatic rings. The summed E-state index contributed by atoms with van der Waals surface area (Å²) in [6.07, 6.45) is 2.03. The minimum absolute atomic E-state index is 1.01. The monoisotopic (exact) mass is 506 g/mol. The molecule has 9 aromatic rings. The summed E-state index contributed by atoms with van der Waals surface area (Å²) >= 11 is 0. The van der Waals surface area contributed by atoms with Gasteiger partial charge in [-0.1, -0.05) is 78.9 Å². The van der Waals surface area contributed by atoms with Gasteiger partial charge in [-0.2, -0.15) is 0 Å². The summed E-state index contributed by atoms with van der Waals surface area (Å²) in [5.41, 5.74) is 19.1. The molecule has 0 unspecified atom stereocenters. The minimum Gasteiger partial charge on any atom is -0.305 e. The average Bonchev–Trinajstić information content (AvgIpc) is 3.73. The standard InChI is InChI=1S/C38H22N2/c1-3-9-25-21(7-1)18-24-19-30-27-11-5-13-32-37(27)40(34(30)20-29(24)25)33-14-6-12-28-36-31(39(32)38(28)33)16-15-23-17-22-8-2-4-10-26(22)35(23)36/h1-16,19-20H,17-18H2. The summed E-state index contributed by atoms with van der Waals surface area (Å²) in [4.78, 5) is 0. The van der Waals surface area contributed by atoms with Crippen LogP contribution in [0.2, 0.25) is 0 Å². The molecule has 0 saturated carbocycles. The van der Waals surface area contributed by atoms with Gasteiger partial charge in [0.15, 0.2) is 0 Å². The highest BCUT2D eigenvalue weighted by Crippen LogP contribution is 2.48. The summed E-state index contributed by atoms with van der Waals surface area (Å²) in [7, 11) is 0. The number of benzene rings is 6. The summed E-state index contributed by atoms with van der Waals surface area (Å²) in [6.45, 7) is 0. The lowest BCUT2D eigenvalue weighted by Crippen LogP contribution is -1.96. The van der Waals surface area contributed by atoms with Crippen molar-refractivity contribution in [2.75, 3.05) is 0 Å². The highest BCUT2D eigenvalue weighted by Gasteiger charge is 2.27. The van der Waals surface area contributed by atoms with E-state index in [1.54, 1.807) is 0 Å². The predicted molar refractivity (Wildman–Crippen MR) is 166 cm³/mol. The van der Waals surface area contributed by atoms with E-state index in [9.17, 15) is 0 Å². The van der Waals surface area contributed by atoms with E-state index in [-0.39, 0.29) is 0 Å². The molecule has 11 rings (SSSR count). The van der Waals surface area contributed by atoms with Crippen LogP contribution < -0.4 is 0 Å². The van der Waals surface area contributed by atoms with Crippen LogP contribution >= 0.6 is 0 Å². The molecule has 3 heterocycles. The number of hydrogen-bond donors (Lipinski definition) is 0. The summed E-state index contributed by atoms with van der Waals surface area (Å²) in [6, 6.07) is 41.3. The molecule has 2 heteroatoms. The molecule has 0 N–H and O–H groups in total. The first-order valence-electron chi connectivity index (χ1n) is 14.2. The van der Waals surface area contributed by atoms with Crippen molar-refractivity contribution in [1.82, 2.24) is 8.80 Å². The first-order chi connectivity index (χ1) is 19.8. The maximum atomic E-state index is 2.55. The van der Waals surface area contributed by atoms with Gasteiger partial charge in [-0.15, -0.1) is 0 Å². The fraction of sp³-hybridized carbons (Fsp3) is 0.0526. The van der Waals surface area contributed by atoms with Crippen LogP contribution in [0.4, 0.5) is 0 Å². The third-order valence-electron chi connectivity index (χ3n) is 9.85. The average molecular weight is 507 g/mol. The summed E-state index contributed by atoms with van der Waals surface area (Å²) in [5.74, 6) is 0. The molecule has 0 fully saturated rings. The van der Waals surface area contributed by atoms with Gasteiger partial charge >= 0.3 is 0 Å². The van der Waals surface area contributed by atoms with Crippen molar-refractivity contribution in [3.05, 3.63) is 131 Å². The van der Waals surface area contributed by atoms with Gasteiger partial charge in [0, 0.05) is 21.5 Å². The normalized spacial score (nSPS) is 13.8. The third kappa shape index (κ3) is 2.12. The topological polar surface area (TPSA) is 8.82 Å². The number of fused-ring (bicyclic) bond motifs is 15. The SMILES string of the molecule is c1ccc2c(c1)Cc1cc3c4cccc5c4n(c3cc1-2)c1cccc2c3c4c(ccc3n5c21)Cc1ccccc1-4. The number of aromatic nitrogens is 2. The number of hydrogen-bond acceptors (Lipinski definition) is 0. The molecule has 0 amide bonds. The van der Waals surface area contributed by atoms with Crippen molar-refractivity contribution in [1.29, 1.82) is 0 Å². The Morgan fingerprint density at radius 1 is 0.400 bits per heavy atom. The molecular weight excluding hydrogens is 484 g/mol. The quantitative estimate of drug-likeness (QED) is 0.181. The largest absolute Gasteiger partial charge is 0.305 e. The highest BCUT2D eigenvalue weighted by molar-refractivity contribution is 6.24. The first-order valence-corrected chi connectivity index (χ1v) is 14.2. The van der Waals surface area contributed by atoms with Crippen molar-refractivity contribution in [2.24, 2.45) is 0 Å². The second kappa shape index (κ2) is 6.55. The zero-order valence-corrected chi connectivity index (χ0v) is 21.7. The van der Waals surface area contributed by atoms with E-state index < -0.39 is 0 Å². The van der Waals surface area contributed by atoms with Gasteiger partial charge < -0.3 is 8.80 Å². The molecule has 3 aromatic heterocycles. The van der Waals surface area contributed by atoms with E-state index >= 15 is 0 Å². The lowest BCUT2D eigenvalue weighted by Gasteiger charge is -2.11. The Hall–Kier alpha value is -5.08. The van der Waals surface area contributed by atoms with E-state index in [1.807, 2.05) is 0 Å².